The number of benzene rings is 1. The van der Waals surface area contributed by atoms with Crippen molar-refractivity contribution in [3.8, 4) is 11.5 Å². The number of nitrogens with one attached hydrogen (secondary N) is 1. The minimum absolute atomic E-state index is 0.0459. The summed E-state index contributed by atoms with van der Waals surface area (Å²) >= 11 is 0. The van der Waals surface area contributed by atoms with Crippen LogP contribution < -0.4 is 14.8 Å². The van der Waals surface area contributed by atoms with Gasteiger partial charge in [-0.25, -0.2) is 9.98 Å². The summed E-state index contributed by atoms with van der Waals surface area (Å²) in [5.41, 5.74) is 2.35. The Balaban J connectivity index is 1.40. The van der Waals surface area contributed by atoms with Gasteiger partial charge in [-0.2, -0.15) is 0 Å². The highest BCUT2D eigenvalue weighted by atomic mass is 19.3. The molecule has 1 aliphatic carbocycles. The lowest BCUT2D eigenvalue weighted by molar-refractivity contribution is -0.286. The zero-order valence-corrected chi connectivity index (χ0v) is 18.7. The van der Waals surface area contributed by atoms with Gasteiger partial charge >= 0.3 is 6.29 Å². The minimum atomic E-state index is -3.70. The molecule has 1 aromatic heterocycles. The van der Waals surface area contributed by atoms with Crippen LogP contribution in [0.4, 0.5) is 14.6 Å². The summed E-state index contributed by atoms with van der Waals surface area (Å²) in [5, 5.41) is 2.91. The number of nitrogens with zero attached hydrogens (tertiary/aromatic N) is 2. The molecular formula is C25H23F2N3O4. The van der Waals surface area contributed by atoms with E-state index in [0.717, 1.165) is 23.3 Å². The Morgan fingerprint density at radius 2 is 1.97 bits per heavy atom. The van der Waals surface area contributed by atoms with E-state index in [-0.39, 0.29) is 17.4 Å². The molecule has 3 aliphatic rings. The van der Waals surface area contributed by atoms with Gasteiger partial charge in [0.25, 0.3) is 0 Å². The monoisotopic (exact) mass is 467 g/mol. The maximum absolute atomic E-state index is 13.4. The van der Waals surface area contributed by atoms with Crippen molar-refractivity contribution >= 4 is 23.2 Å². The fourth-order valence-electron chi connectivity index (χ4n) is 4.15. The first-order chi connectivity index (χ1) is 16.3. The van der Waals surface area contributed by atoms with Crippen molar-refractivity contribution in [3.63, 3.8) is 0 Å². The molecule has 0 bridgehead atoms. The van der Waals surface area contributed by atoms with E-state index in [9.17, 15) is 13.6 Å². The Morgan fingerprint density at radius 3 is 2.71 bits per heavy atom. The maximum atomic E-state index is 13.4. The van der Waals surface area contributed by atoms with Crippen molar-refractivity contribution in [1.29, 1.82) is 0 Å². The number of fused-ring (bicyclic) bond motifs is 1. The van der Waals surface area contributed by atoms with Crippen LogP contribution in [0, 0.1) is 0 Å². The van der Waals surface area contributed by atoms with E-state index in [1.54, 1.807) is 25.4 Å². The van der Waals surface area contributed by atoms with E-state index in [1.807, 2.05) is 25.1 Å². The van der Waals surface area contributed by atoms with Gasteiger partial charge in [-0.1, -0.05) is 31.2 Å². The second-order valence-corrected chi connectivity index (χ2v) is 8.34. The van der Waals surface area contributed by atoms with E-state index in [2.05, 4.69) is 19.8 Å². The Bertz CT molecular complexity index is 1250. The van der Waals surface area contributed by atoms with Crippen LogP contribution in [-0.2, 0) is 21.4 Å². The molecule has 0 unspecified atom stereocenters. The van der Waals surface area contributed by atoms with E-state index in [0.29, 0.717) is 36.5 Å². The number of anilines is 1. The van der Waals surface area contributed by atoms with Crippen molar-refractivity contribution in [2.24, 2.45) is 4.99 Å². The fraction of sp³-hybridized carbons (Fsp3) is 0.320. The third-order valence-electron chi connectivity index (χ3n) is 6.19. The van der Waals surface area contributed by atoms with Gasteiger partial charge in [0.1, 0.15) is 5.82 Å². The highest BCUT2D eigenvalue weighted by Crippen LogP contribution is 2.52. The summed E-state index contributed by atoms with van der Waals surface area (Å²) < 4.78 is 41.0. The highest BCUT2D eigenvalue weighted by Gasteiger charge is 2.53. The number of rotatable bonds is 5. The van der Waals surface area contributed by atoms with E-state index >= 15 is 0 Å². The van der Waals surface area contributed by atoms with Gasteiger partial charge in [0.2, 0.25) is 5.91 Å². The van der Waals surface area contributed by atoms with Gasteiger partial charge in [0, 0.05) is 18.2 Å². The molecule has 0 radical (unpaired) electrons. The van der Waals surface area contributed by atoms with Gasteiger partial charge in [0.05, 0.1) is 18.2 Å². The molecule has 9 heteroatoms. The van der Waals surface area contributed by atoms with Crippen molar-refractivity contribution in [2.75, 3.05) is 12.4 Å². The number of allylic oxidation sites excluding steroid dienone is 2. The Morgan fingerprint density at radius 1 is 1.18 bits per heavy atom. The maximum Gasteiger partial charge on any atom is 0.586 e. The lowest BCUT2D eigenvalue weighted by Crippen LogP contribution is -2.28. The number of halogens is 2. The van der Waals surface area contributed by atoms with Crippen molar-refractivity contribution in [2.45, 2.75) is 44.3 Å². The molecule has 176 valence electrons. The molecule has 1 N–H and O–H groups in total. The van der Waals surface area contributed by atoms with Gasteiger partial charge < -0.3 is 19.5 Å². The minimum Gasteiger partial charge on any atom is -0.484 e. The van der Waals surface area contributed by atoms with E-state index in [4.69, 9.17) is 9.72 Å². The SMILES string of the molecule is CCc1ccc(NC(=O)C2(c3ccc4c(c3)OC(F)(F)O4)CC2)nc1C1=CN=C(OC)CC=C1. The summed E-state index contributed by atoms with van der Waals surface area (Å²) in [7, 11) is 1.58. The lowest BCUT2D eigenvalue weighted by Gasteiger charge is -2.17. The summed E-state index contributed by atoms with van der Waals surface area (Å²) in [6.45, 7) is 2.03. The number of aryl methyl sites for hydroxylation is 1. The van der Waals surface area contributed by atoms with Gasteiger partial charge in [-0.3, -0.25) is 4.79 Å². The molecule has 7 nitrogen and oxygen atoms in total. The van der Waals surface area contributed by atoms with Crippen molar-refractivity contribution in [3.05, 3.63) is 65.5 Å². The topological polar surface area (TPSA) is 82.0 Å². The number of pyridine rings is 1. The second kappa shape index (κ2) is 8.23. The van der Waals surface area contributed by atoms with Gasteiger partial charge in [-0.05, 0) is 48.6 Å². The first kappa shape index (κ1) is 22.1. The normalized spacial score (nSPS) is 19.1. The van der Waals surface area contributed by atoms with Crippen LogP contribution in [0.3, 0.4) is 0 Å². The number of carbonyl (C=O) groups is 1. The molecule has 34 heavy (non-hydrogen) atoms. The van der Waals surface area contributed by atoms with E-state index < -0.39 is 11.7 Å². The smallest absolute Gasteiger partial charge is 0.484 e. The molecule has 0 atom stereocenters. The molecule has 1 saturated carbocycles. The largest absolute Gasteiger partial charge is 0.586 e. The Labute approximate surface area is 195 Å². The van der Waals surface area contributed by atoms with Crippen molar-refractivity contribution < 1.29 is 27.8 Å². The van der Waals surface area contributed by atoms with Crippen LogP contribution in [0.1, 0.15) is 43.0 Å². The fourth-order valence-corrected chi connectivity index (χ4v) is 4.15. The number of ether oxygens (including phenoxy) is 3. The number of carbonyl (C=O) groups excluding carboxylic acids is 1. The van der Waals surface area contributed by atoms with Crippen LogP contribution in [0.2, 0.25) is 0 Å². The van der Waals surface area contributed by atoms with Crippen molar-refractivity contribution in [1.82, 2.24) is 4.98 Å². The Kier molecular flexibility index (Phi) is 5.34. The zero-order chi connectivity index (χ0) is 23.9. The van der Waals surface area contributed by atoms with Crippen LogP contribution in [0.25, 0.3) is 5.57 Å². The van der Waals surface area contributed by atoms with Gasteiger partial charge in [0.15, 0.2) is 17.4 Å². The number of methoxy groups -OCH3 is 1. The molecule has 2 aromatic rings. The zero-order valence-electron chi connectivity index (χ0n) is 18.7. The Hall–Kier alpha value is -3.75. The van der Waals surface area contributed by atoms with Gasteiger partial charge in [-0.15, -0.1) is 8.78 Å². The molecular weight excluding hydrogens is 444 g/mol. The molecule has 0 saturated heterocycles. The predicted molar refractivity (Wildman–Crippen MR) is 122 cm³/mol. The van der Waals surface area contributed by atoms with Crippen LogP contribution in [-0.4, -0.2) is 30.2 Å². The number of aromatic nitrogens is 1. The molecule has 0 spiro atoms. The average molecular weight is 467 g/mol. The standard InChI is InChI=1S/C25H23F2N3O4/c1-3-15-7-10-20(29-22(15)16-5-4-6-21(32-2)28-14-16)30-23(31)24(11-12-24)17-8-9-18-19(13-17)34-25(26,27)33-18/h4-5,7-10,13-14H,3,6,11-12H2,1-2H3,(H,29,30,31). The third-order valence-corrected chi connectivity index (χ3v) is 6.19. The quantitative estimate of drug-likeness (QED) is 0.671. The summed E-state index contributed by atoms with van der Waals surface area (Å²) in [4.78, 5) is 22.3. The molecule has 5 rings (SSSR count). The predicted octanol–water partition coefficient (Wildman–Crippen LogP) is 4.98. The van der Waals surface area contributed by atoms with Crippen LogP contribution in [0.5, 0.6) is 11.5 Å². The second-order valence-electron chi connectivity index (χ2n) is 8.34. The lowest BCUT2D eigenvalue weighted by atomic mass is 9.94. The first-order valence-corrected chi connectivity index (χ1v) is 11.0. The molecule has 1 aromatic carbocycles. The van der Waals surface area contributed by atoms with Crippen LogP contribution >= 0.6 is 0 Å². The molecule has 1 fully saturated rings. The molecule has 2 aliphatic heterocycles. The third kappa shape index (κ3) is 4.02. The van der Waals surface area contributed by atoms with E-state index in [1.165, 1.54) is 12.1 Å². The number of aliphatic imine (C=N–C) groups is 1. The molecule has 1 amide bonds. The van der Waals surface area contributed by atoms with Crippen LogP contribution in [0.15, 0.2) is 53.7 Å². The first-order valence-electron chi connectivity index (χ1n) is 11.0. The summed E-state index contributed by atoms with van der Waals surface area (Å²) in [5.74, 6) is 0.648. The summed E-state index contributed by atoms with van der Waals surface area (Å²) in [6, 6.07) is 8.18. The number of amides is 1. The number of hydrogen-bond acceptors (Lipinski definition) is 6. The number of alkyl halides is 2. The summed E-state index contributed by atoms with van der Waals surface area (Å²) in [6.07, 6.45) is 4.43. The molecule has 3 heterocycles. The number of hydrogen-bond donors (Lipinski definition) is 1. The highest BCUT2D eigenvalue weighted by molar-refractivity contribution is 6.01. The average Bonchev–Trinajstić information content (AvgIpc) is 3.60.